The third-order valence-corrected chi connectivity index (χ3v) is 3.97. The van der Waals surface area contributed by atoms with E-state index in [9.17, 15) is 0 Å². The minimum absolute atomic E-state index is 0.506. The van der Waals surface area contributed by atoms with Gasteiger partial charge in [-0.2, -0.15) is 5.10 Å². The van der Waals surface area contributed by atoms with Crippen molar-refractivity contribution in [1.82, 2.24) is 15.2 Å². The van der Waals surface area contributed by atoms with Crippen LogP contribution in [0.15, 0.2) is 35.6 Å². The highest BCUT2D eigenvalue weighted by atomic mass is 32.2. The second kappa shape index (κ2) is 4.13. The minimum atomic E-state index is -0.506. The Morgan fingerprint density at radius 3 is 2.94 bits per heavy atom. The van der Waals surface area contributed by atoms with Crippen LogP contribution in [-0.2, 0) is 5.54 Å². The molecule has 1 aliphatic rings. The van der Waals surface area contributed by atoms with E-state index in [1.165, 1.54) is 0 Å². The third kappa shape index (κ3) is 1.69. The zero-order valence-corrected chi connectivity index (χ0v) is 10.7. The Balaban J connectivity index is 2.18. The molecule has 0 aromatic carbocycles. The number of hydrogen-bond acceptors (Lipinski definition) is 5. The number of H-pyrrole nitrogens is 1. The van der Waals surface area contributed by atoms with Crippen molar-refractivity contribution in [3.05, 3.63) is 47.5 Å². The SMILES string of the molecule is Cc1cccc(C2(c3cn[nH]c3)CSC(N)=N2)n1. The van der Waals surface area contributed by atoms with E-state index in [4.69, 9.17) is 5.73 Å². The molecule has 3 heterocycles. The second-order valence-corrected chi connectivity index (χ2v) is 5.25. The molecule has 5 nitrogen and oxygen atoms in total. The molecule has 1 unspecified atom stereocenters. The van der Waals surface area contributed by atoms with Crippen LogP contribution in [0.3, 0.4) is 0 Å². The molecule has 1 aliphatic heterocycles. The number of aromatic amines is 1. The molecule has 0 fully saturated rings. The Labute approximate surface area is 109 Å². The van der Waals surface area contributed by atoms with Gasteiger partial charge >= 0.3 is 0 Å². The van der Waals surface area contributed by atoms with Crippen LogP contribution in [0.1, 0.15) is 17.0 Å². The lowest BCUT2D eigenvalue weighted by Gasteiger charge is -2.23. The van der Waals surface area contributed by atoms with E-state index >= 15 is 0 Å². The van der Waals surface area contributed by atoms with Gasteiger partial charge in [-0.1, -0.05) is 17.8 Å². The Bertz CT molecular complexity index is 592. The summed E-state index contributed by atoms with van der Waals surface area (Å²) in [6, 6.07) is 5.96. The molecule has 0 radical (unpaired) electrons. The third-order valence-electron chi connectivity index (χ3n) is 3.02. The summed E-state index contributed by atoms with van der Waals surface area (Å²) in [6.07, 6.45) is 3.64. The molecule has 0 bridgehead atoms. The van der Waals surface area contributed by atoms with E-state index < -0.39 is 5.54 Å². The predicted molar refractivity (Wildman–Crippen MR) is 72.4 cm³/mol. The van der Waals surface area contributed by atoms with Gasteiger partial charge in [0.2, 0.25) is 0 Å². The average Bonchev–Trinajstić information content (AvgIpc) is 2.98. The Morgan fingerprint density at radius 1 is 1.44 bits per heavy atom. The van der Waals surface area contributed by atoms with Crippen LogP contribution >= 0.6 is 11.8 Å². The summed E-state index contributed by atoms with van der Waals surface area (Å²) in [5.74, 6) is 0.759. The van der Waals surface area contributed by atoms with Crippen LogP contribution in [0.25, 0.3) is 0 Å². The molecule has 1 atom stereocenters. The van der Waals surface area contributed by atoms with Crippen molar-refractivity contribution in [3.8, 4) is 0 Å². The van der Waals surface area contributed by atoms with Crippen molar-refractivity contribution in [2.45, 2.75) is 12.5 Å². The van der Waals surface area contributed by atoms with Crippen LogP contribution in [0.5, 0.6) is 0 Å². The summed E-state index contributed by atoms with van der Waals surface area (Å²) in [7, 11) is 0. The second-order valence-electron chi connectivity index (χ2n) is 4.25. The quantitative estimate of drug-likeness (QED) is 0.854. The first kappa shape index (κ1) is 11.3. The summed E-state index contributed by atoms with van der Waals surface area (Å²) >= 11 is 1.55. The van der Waals surface area contributed by atoms with E-state index in [1.807, 2.05) is 31.3 Å². The number of thioether (sulfide) groups is 1. The van der Waals surface area contributed by atoms with Gasteiger partial charge in [-0.3, -0.25) is 10.1 Å². The topological polar surface area (TPSA) is 80.0 Å². The average molecular weight is 259 g/mol. The Hall–Kier alpha value is -1.82. The molecule has 92 valence electrons. The molecule has 0 aliphatic carbocycles. The van der Waals surface area contributed by atoms with Gasteiger partial charge < -0.3 is 5.73 Å². The summed E-state index contributed by atoms with van der Waals surface area (Å²) in [4.78, 5) is 9.21. The van der Waals surface area contributed by atoms with Gasteiger partial charge in [0.05, 0.1) is 11.9 Å². The zero-order valence-electron chi connectivity index (χ0n) is 9.92. The van der Waals surface area contributed by atoms with Crippen LogP contribution in [0, 0.1) is 6.92 Å². The lowest BCUT2D eigenvalue weighted by atomic mass is 9.91. The maximum Gasteiger partial charge on any atom is 0.155 e. The molecule has 3 rings (SSSR count). The number of aliphatic imine (C=N–C) groups is 1. The van der Waals surface area contributed by atoms with Gasteiger partial charge in [-0.25, -0.2) is 4.99 Å². The highest BCUT2D eigenvalue weighted by Crippen LogP contribution is 2.40. The molecular formula is C12H13N5S. The first-order valence-corrected chi connectivity index (χ1v) is 6.61. The fourth-order valence-electron chi connectivity index (χ4n) is 2.11. The van der Waals surface area contributed by atoms with Gasteiger partial charge in [-0.15, -0.1) is 0 Å². The van der Waals surface area contributed by atoms with Gasteiger partial charge in [0.1, 0.15) is 5.54 Å². The summed E-state index contributed by atoms with van der Waals surface area (Å²) in [5, 5.41) is 7.44. The minimum Gasteiger partial charge on any atom is -0.378 e. The van der Waals surface area contributed by atoms with Gasteiger partial charge in [-0.05, 0) is 19.1 Å². The Kier molecular flexibility index (Phi) is 2.59. The number of nitrogens with two attached hydrogens (primary N) is 1. The first-order chi connectivity index (χ1) is 8.71. The van der Waals surface area contributed by atoms with Crippen LogP contribution in [0.4, 0.5) is 0 Å². The monoisotopic (exact) mass is 259 g/mol. The van der Waals surface area contributed by atoms with Crippen molar-refractivity contribution in [2.75, 3.05) is 5.75 Å². The van der Waals surface area contributed by atoms with E-state index in [0.717, 1.165) is 22.7 Å². The largest absolute Gasteiger partial charge is 0.378 e. The number of rotatable bonds is 2. The van der Waals surface area contributed by atoms with E-state index in [1.54, 1.807) is 18.0 Å². The normalized spacial score (nSPS) is 23.1. The standard InChI is InChI=1S/C12H13N5S/c1-8-3-2-4-10(16-8)12(7-18-11(13)17-12)9-5-14-15-6-9/h2-6H,7H2,1H3,(H2,13,17)(H,14,15). The van der Waals surface area contributed by atoms with Crippen LogP contribution in [0.2, 0.25) is 0 Å². The summed E-state index contributed by atoms with van der Waals surface area (Å²) < 4.78 is 0. The van der Waals surface area contributed by atoms with Crippen molar-refractivity contribution in [2.24, 2.45) is 10.7 Å². The van der Waals surface area contributed by atoms with Gasteiger partial charge in [0.25, 0.3) is 0 Å². The highest BCUT2D eigenvalue weighted by molar-refractivity contribution is 8.14. The molecule has 0 spiro atoms. The number of nitrogens with one attached hydrogen (secondary N) is 1. The fourth-order valence-corrected chi connectivity index (χ4v) is 3.06. The maximum atomic E-state index is 5.85. The predicted octanol–water partition coefficient (Wildman–Crippen LogP) is 1.42. The number of aromatic nitrogens is 3. The zero-order chi connectivity index (χ0) is 12.6. The molecule has 6 heteroatoms. The van der Waals surface area contributed by atoms with E-state index in [0.29, 0.717) is 5.17 Å². The van der Waals surface area contributed by atoms with E-state index in [-0.39, 0.29) is 0 Å². The molecule has 18 heavy (non-hydrogen) atoms. The first-order valence-electron chi connectivity index (χ1n) is 5.62. The molecule has 0 amide bonds. The maximum absolute atomic E-state index is 5.85. The molecule has 0 saturated heterocycles. The smallest absolute Gasteiger partial charge is 0.155 e. The molecule has 2 aromatic heterocycles. The van der Waals surface area contributed by atoms with Gasteiger partial charge in [0.15, 0.2) is 5.17 Å². The fraction of sp³-hybridized carbons (Fsp3) is 0.250. The molecule has 2 aromatic rings. The Morgan fingerprint density at radius 2 is 2.33 bits per heavy atom. The number of pyridine rings is 1. The molecule has 3 N–H and O–H groups in total. The number of aryl methyl sites for hydroxylation is 1. The van der Waals surface area contributed by atoms with Crippen LogP contribution in [-0.4, -0.2) is 26.1 Å². The van der Waals surface area contributed by atoms with E-state index in [2.05, 4.69) is 20.2 Å². The van der Waals surface area contributed by atoms with Crippen molar-refractivity contribution >= 4 is 16.9 Å². The van der Waals surface area contributed by atoms with Crippen molar-refractivity contribution in [3.63, 3.8) is 0 Å². The summed E-state index contributed by atoms with van der Waals surface area (Å²) in [5.41, 5.74) is 8.22. The summed E-state index contributed by atoms with van der Waals surface area (Å²) in [6.45, 7) is 1.97. The number of amidine groups is 1. The number of hydrogen-bond donors (Lipinski definition) is 2. The lowest BCUT2D eigenvalue weighted by molar-refractivity contribution is 0.604. The molecule has 0 saturated carbocycles. The van der Waals surface area contributed by atoms with Gasteiger partial charge in [0, 0.05) is 23.2 Å². The highest BCUT2D eigenvalue weighted by Gasteiger charge is 2.40. The molecular weight excluding hydrogens is 246 g/mol. The number of nitrogens with zero attached hydrogens (tertiary/aromatic N) is 3. The van der Waals surface area contributed by atoms with Crippen molar-refractivity contribution in [1.29, 1.82) is 0 Å². The lowest BCUT2D eigenvalue weighted by Crippen LogP contribution is -2.27. The van der Waals surface area contributed by atoms with Crippen molar-refractivity contribution < 1.29 is 0 Å². The van der Waals surface area contributed by atoms with Crippen LogP contribution < -0.4 is 5.73 Å².